The van der Waals surface area contributed by atoms with E-state index < -0.39 is 0 Å². The Bertz CT molecular complexity index is 574. The first-order valence-electron chi connectivity index (χ1n) is 7.50. The van der Waals surface area contributed by atoms with Crippen LogP contribution in [-0.4, -0.2) is 6.54 Å². The van der Waals surface area contributed by atoms with Gasteiger partial charge in [-0.3, -0.25) is 0 Å². The fourth-order valence-electron chi connectivity index (χ4n) is 2.94. The molecular formula is C18H22N2. The zero-order valence-corrected chi connectivity index (χ0v) is 12.0. The van der Waals surface area contributed by atoms with Gasteiger partial charge in [0.2, 0.25) is 0 Å². The van der Waals surface area contributed by atoms with Crippen molar-refractivity contribution >= 4 is 11.4 Å². The second-order valence-electron chi connectivity index (χ2n) is 5.49. The number of fused-ring (bicyclic) bond motifs is 1. The van der Waals surface area contributed by atoms with Crippen LogP contribution in [0.15, 0.2) is 48.5 Å². The predicted molar refractivity (Wildman–Crippen MR) is 85.4 cm³/mol. The van der Waals surface area contributed by atoms with E-state index in [0.29, 0.717) is 0 Å². The number of nitrogens with zero attached hydrogens (tertiary/aromatic N) is 1. The van der Waals surface area contributed by atoms with Crippen molar-refractivity contribution in [2.45, 2.75) is 32.2 Å². The standard InChI is InChI=1S/C18H22N2/c1-2-17(19)14-9-11-16(12-10-14)20-13-5-7-15-6-3-4-8-18(15)20/h3-4,6,8-12,17H,2,5,7,13,19H2,1H3. The summed E-state index contributed by atoms with van der Waals surface area (Å²) in [6, 6.07) is 17.6. The lowest BCUT2D eigenvalue weighted by atomic mass is 10.00. The molecule has 3 rings (SSSR count). The molecule has 20 heavy (non-hydrogen) atoms. The first-order chi connectivity index (χ1) is 9.79. The van der Waals surface area contributed by atoms with Crippen LogP contribution in [0.1, 0.15) is 36.9 Å². The Labute approximate surface area is 121 Å². The van der Waals surface area contributed by atoms with Gasteiger partial charge >= 0.3 is 0 Å². The van der Waals surface area contributed by atoms with E-state index in [1.165, 1.54) is 35.3 Å². The van der Waals surface area contributed by atoms with Crippen LogP contribution in [0, 0.1) is 0 Å². The highest BCUT2D eigenvalue weighted by molar-refractivity contribution is 5.67. The van der Waals surface area contributed by atoms with Crippen molar-refractivity contribution in [2.75, 3.05) is 11.4 Å². The maximum absolute atomic E-state index is 6.09. The van der Waals surface area contributed by atoms with Crippen molar-refractivity contribution in [1.82, 2.24) is 0 Å². The smallest absolute Gasteiger partial charge is 0.0443 e. The summed E-state index contributed by atoms with van der Waals surface area (Å²) in [6.07, 6.45) is 3.38. The first-order valence-corrected chi connectivity index (χ1v) is 7.50. The molecule has 2 heteroatoms. The predicted octanol–water partition coefficient (Wildman–Crippen LogP) is 4.18. The summed E-state index contributed by atoms with van der Waals surface area (Å²) in [6.45, 7) is 3.22. The van der Waals surface area contributed by atoms with E-state index in [-0.39, 0.29) is 6.04 Å². The fourth-order valence-corrected chi connectivity index (χ4v) is 2.94. The number of hydrogen-bond acceptors (Lipinski definition) is 2. The average molecular weight is 266 g/mol. The van der Waals surface area contributed by atoms with E-state index in [2.05, 4.69) is 60.4 Å². The SMILES string of the molecule is CCC(N)c1ccc(N2CCCc3ccccc32)cc1. The Kier molecular flexibility index (Phi) is 3.75. The molecule has 104 valence electrons. The van der Waals surface area contributed by atoms with Gasteiger partial charge in [-0.25, -0.2) is 0 Å². The number of para-hydroxylation sites is 1. The molecule has 0 aromatic heterocycles. The molecule has 0 saturated carbocycles. The van der Waals surface area contributed by atoms with Gasteiger partial charge in [0, 0.05) is 24.0 Å². The molecule has 1 aliphatic heterocycles. The van der Waals surface area contributed by atoms with Gasteiger partial charge < -0.3 is 10.6 Å². The van der Waals surface area contributed by atoms with E-state index in [1.807, 2.05) is 0 Å². The summed E-state index contributed by atoms with van der Waals surface area (Å²) in [4.78, 5) is 2.42. The van der Waals surface area contributed by atoms with Crippen LogP contribution in [0.25, 0.3) is 0 Å². The minimum Gasteiger partial charge on any atom is -0.341 e. The van der Waals surface area contributed by atoms with Gasteiger partial charge in [0.1, 0.15) is 0 Å². The van der Waals surface area contributed by atoms with Crippen molar-refractivity contribution in [1.29, 1.82) is 0 Å². The van der Waals surface area contributed by atoms with E-state index in [0.717, 1.165) is 13.0 Å². The number of anilines is 2. The van der Waals surface area contributed by atoms with E-state index >= 15 is 0 Å². The molecule has 1 unspecified atom stereocenters. The van der Waals surface area contributed by atoms with Crippen LogP contribution < -0.4 is 10.6 Å². The van der Waals surface area contributed by atoms with Crippen molar-refractivity contribution in [3.8, 4) is 0 Å². The normalized spacial score (nSPS) is 15.8. The first kappa shape index (κ1) is 13.2. The largest absolute Gasteiger partial charge is 0.341 e. The van der Waals surface area contributed by atoms with Crippen LogP contribution in [-0.2, 0) is 6.42 Å². The lowest BCUT2D eigenvalue weighted by molar-refractivity contribution is 0.698. The van der Waals surface area contributed by atoms with E-state index in [9.17, 15) is 0 Å². The second kappa shape index (κ2) is 5.68. The molecule has 0 amide bonds. The van der Waals surface area contributed by atoms with Gasteiger partial charge in [0.15, 0.2) is 0 Å². The van der Waals surface area contributed by atoms with Gasteiger partial charge in [-0.05, 0) is 48.6 Å². The van der Waals surface area contributed by atoms with Crippen LogP contribution in [0.2, 0.25) is 0 Å². The van der Waals surface area contributed by atoms with Gasteiger partial charge in [-0.15, -0.1) is 0 Å². The number of aryl methyl sites for hydroxylation is 1. The summed E-state index contributed by atoms with van der Waals surface area (Å²) in [5.74, 6) is 0. The number of rotatable bonds is 3. The Morgan fingerprint density at radius 2 is 1.85 bits per heavy atom. The minimum atomic E-state index is 0.151. The molecule has 2 aromatic carbocycles. The maximum atomic E-state index is 6.09. The third kappa shape index (κ3) is 2.44. The molecule has 0 aliphatic carbocycles. The highest BCUT2D eigenvalue weighted by Crippen LogP contribution is 2.33. The van der Waals surface area contributed by atoms with Crippen LogP contribution in [0.3, 0.4) is 0 Å². The highest BCUT2D eigenvalue weighted by atomic mass is 15.1. The average Bonchev–Trinajstić information content (AvgIpc) is 2.54. The van der Waals surface area contributed by atoms with E-state index in [1.54, 1.807) is 0 Å². The summed E-state index contributed by atoms with van der Waals surface area (Å²) >= 11 is 0. The molecule has 2 nitrogen and oxygen atoms in total. The Balaban J connectivity index is 1.91. The molecule has 1 heterocycles. The zero-order chi connectivity index (χ0) is 13.9. The molecule has 1 atom stereocenters. The van der Waals surface area contributed by atoms with E-state index in [4.69, 9.17) is 5.73 Å². The quantitative estimate of drug-likeness (QED) is 0.903. The minimum absolute atomic E-state index is 0.151. The van der Waals surface area contributed by atoms with Gasteiger partial charge in [0.25, 0.3) is 0 Å². The lowest BCUT2D eigenvalue weighted by Gasteiger charge is -2.31. The van der Waals surface area contributed by atoms with Crippen molar-refractivity contribution in [3.05, 3.63) is 59.7 Å². The van der Waals surface area contributed by atoms with Crippen molar-refractivity contribution in [3.63, 3.8) is 0 Å². The van der Waals surface area contributed by atoms with Crippen molar-refractivity contribution < 1.29 is 0 Å². The topological polar surface area (TPSA) is 29.3 Å². The highest BCUT2D eigenvalue weighted by Gasteiger charge is 2.17. The summed E-state index contributed by atoms with van der Waals surface area (Å²) < 4.78 is 0. The fraction of sp³-hybridized carbons (Fsp3) is 0.333. The maximum Gasteiger partial charge on any atom is 0.0443 e. The third-order valence-corrected chi connectivity index (χ3v) is 4.18. The third-order valence-electron chi connectivity index (χ3n) is 4.18. The molecule has 2 N–H and O–H groups in total. The lowest BCUT2D eigenvalue weighted by Crippen LogP contribution is -2.24. The Morgan fingerprint density at radius 3 is 2.60 bits per heavy atom. The Hall–Kier alpha value is -1.80. The molecule has 0 saturated heterocycles. The van der Waals surface area contributed by atoms with Crippen LogP contribution in [0.4, 0.5) is 11.4 Å². The van der Waals surface area contributed by atoms with Gasteiger partial charge in [-0.2, -0.15) is 0 Å². The molecular weight excluding hydrogens is 244 g/mol. The molecule has 0 bridgehead atoms. The molecule has 0 radical (unpaired) electrons. The molecule has 0 fully saturated rings. The van der Waals surface area contributed by atoms with Crippen LogP contribution >= 0.6 is 0 Å². The zero-order valence-electron chi connectivity index (χ0n) is 12.0. The summed E-state index contributed by atoms with van der Waals surface area (Å²) in [5, 5.41) is 0. The molecule has 2 aromatic rings. The molecule has 0 spiro atoms. The summed E-state index contributed by atoms with van der Waals surface area (Å²) in [5.41, 5.74) is 11.4. The Morgan fingerprint density at radius 1 is 1.10 bits per heavy atom. The second-order valence-corrected chi connectivity index (χ2v) is 5.49. The number of hydrogen-bond donors (Lipinski definition) is 1. The van der Waals surface area contributed by atoms with Crippen molar-refractivity contribution in [2.24, 2.45) is 5.73 Å². The van der Waals surface area contributed by atoms with Crippen LogP contribution in [0.5, 0.6) is 0 Å². The van der Waals surface area contributed by atoms with Gasteiger partial charge in [0.05, 0.1) is 0 Å². The van der Waals surface area contributed by atoms with Gasteiger partial charge in [-0.1, -0.05) is 37.3 Å². The number of benzene rings is 2. The molecule has 1 aliphatic rings. The number of nitrogens with two attached hydrogens (primary N) is 1. The monoisotopic (exact) mass is 266 g/mol. The summed E-state index contributed by atoms with van der Waals surface area (Å²) in [7, 11) is 0.